The fourth-order valence-corrected chi connectivity index (χ4v) is 4.81. The number of benzene rings is 2. The third kappa shape index (κ3) is 4.98. The first-order valence-corrected chi connectivity index (χ1v) is 13.2. The summed E-state index contributed by atoms with van der Waals surface area (Å²) in [7, 11) is 1.60. The highest BCUT2D eigenvalue weighted by molar-refractivity contribution is 9.10. The maximum absolute atomic E-state index is 12.6. The minimum atomic E-state index is -0.258. The zero-order valence-corrected chi connectivity index (χ0v) is 23.3. The number of carbonyl (C=O) groups is 2. The van der Waals surface area contributed by atoms with Gasteiger partial charge in [0.25, 0.3) is 11.8 Å². The van der Waals surface area contributed by atoms with Gasteiger partial charge < -0.3 is 14.8 Å². The molecule has 4 aromatic rings. The maximum atomic E-state index is 12.6. The molecule has 1 N–H and O–H groups in total. The number of hydrogen-bond acceptors (Lipinski definition) is 6. The molecular formula is C29H29BrN4O4. The van der Waals surface area contributed by atoms with Crippen molar-refractivity contribution in [2.24, 2.45) is 0 Å². The quantitative estimate of drug-likeness (QED) is 0.203. The van der Waals surface area contributed by atoms with E-state index in [2.05, 4.69) is 42.0 Å². The van der Waals surface area contributed by atoms with Crippen LogP contribution in [0, 0.1) is 0 Å². The first-order chi connectivity index (χ1) is 18.2. The van der Waals surface area contributed by atoms with Gasteiger partial charge in [-0.05, 0) is 85.6 Å². The second kappa shape index (κ2) is 10.1. The number of imidazole rings is 1. The van der Waals surface area contributed by atoms with Crippen LogP contribution < -0.4 is 14.8 Å². The third-order valence-electron chi connectivity index (χ3n) is 6.17. The smallest absolute Gasteiger partial charge is 0.261 e. The molecule has 0 aliphatic carbocycles. The SMILES string of the molecule is COc1cc(-c2nc3ccc(Br)cn3c2NC(C)(C)C)ccc1OCCCN1C(=O)c2ccccc2C1=O. The third-order valence-corrected chi connectivity index (χ3v) is 6.64. The van der Waals surface area contributed by atoms with E-state index in [-0.39, 0.29) is 23.9 Å². The molecule has 0 spiro atoms. The molecule has 9 heteroatoms. The number of nitrogens with zero attached hydrogens (tertiary/aromatic N) is 3. The first-order valence-electron chi connectivity index (χ1n) is 12.4. The molecule has 5 rings (SSSR count). The lowest BCUT2D eigenvalue weighted by Crippen LogP contribution is -2.31. The van der Waals surface area contributed by atoms with E-state index >= 15 is 0 Å². The number of hydrogen-bond donors (Lipinski definition) is 1. The molecule has 38 heavy (non-hydrogen) atoms. The Kier molecular flexibility index (Phi) is 6.88. The molecule has 0 fully saturated rings. The number of nitrogens with one attached hydrogen (secondary N) is 1. The molecule has 0 unspecified atom stereocenters. The average molecular weight is 577 g/mol. The van der Waals surface area contributed by atoms with Gasteiger partial charge in [-0.25, -0.2) is 4.98 Å². The van der Waals surface area contributed by atoms with E-state index in [0.29, 0.717) is 35.7 Å². The summed E-state index contributed by atoms with van der Waals surface area (Å²) in [6, 6.07) is 16.5. The number of methoxy groups -OCH3 is 1. The molecule has 1 aliphatic rings. The Bertz CT molecular complexity index is 1500. The molecule has 3 heterocycles. The number of aromatic nitrogens is 2. The van der Waals surface area contributed by atoms with Crippen LogP contribution in [0.1, 0.15) is 47.9 Å². The van der Waals surface area contributed by atoms with Crippen LogP contribution in [0.5, 0.6) is 11.5 Å². The van der Waals surface area contributed by atoms with Gasteiger partial charge in [0.2, 0.25) is 0 Å². The summed E-state index contributed by atoms with van der Waals surface area (Å²) in [6.45, 7) is 6.92. The largest absolute Gasteiger partial charge is 0.493 e. The molecule has 2 aromatic heterocycles. The van der Waals surface area contributed by atoms with Crippen LogP contribution >= 0.6 is 15.9 Å². The van der Waals surface area contributed by atoms with E-state index in [1.54, 1.807) is 31.4 Å². The Hall–Kier alpha value is -3.85. The molecule has 0 atom stereocenters. The van der Waals surface area contributed by atoms with E-state index in [0.717, 1.165) is 27.2 Å². The molecular weight excluding hydrogens is 548 g/mol. The van der Waals surface area contributed by atoms with Crippen molar-refractivity contribution in [3.05, 3.63) is 76.4 Å². The van der Waals surface area contributed by atoms with Crippen LogP contribution in [0.4, 0.5) is 5.82 Å². The Morgan fingerprint density at radius 2 is 1.68 bits per heavy atom. The van der Waals surface area contributed by atoms with E-state index < -0.39 is 0 Å². The van der Waals surface area contributed by atoms with Gasteiger partial charge in [-0.15, -0.1) is 0 Å². The second-order valence-corrected chi connectivity index (χ2v) is 11.1. The molecule has 1 aliphatic heterocycles. The summed E-state index contributed by atoms with van der Waals surface area (Å²) in [5.74, 6) is 1.52. The van der Waals surface area contributed by atoms with Crippen LogP contribution in [0.2, 0.25) is 0 Å². The minimum absolute atomic E-state index is 0.181. The number of fused-ring (bicyclic) bond motifs is 2. The molecule has 2 aromatic carbocycles. The number of anilines is 1. The van der Waals surface area contributed by atoms with Crippen molar-refractivity contribution in [2.75, 3.05) is 25.6 Å². The van der Waals surface area contributed by atoms with E-state index in [4.69, 9.17) is 14.5 Å². The number of halogens is 1. The van der Waals surface area contributed by atoms with E-state index in [9.17, 15) is 9.59 Å². The predicted molar refractivity (Wildman–Crippen MR) is 150 cm³/mol. The van der Waals surface area contributed by atoms with Crippen molar-refractivity contribution < 1.29 is 19.1 Å². The fraction of sp³-hybridized carbons (Fsp3) is 0.276. The van der Waals surface area contributed by atoms with Crippen molar-refractivity contribution in [1.82, 2.24) is 14.3 Å². The Morgan fingerprint density at radius 3 is 2.34 bits per heavy atom. The topological polar surface area (TPSA) is 85.2 Å². The highest BCUT2D eigenvalue weighted by Crippen LogP contribution is 2.37. The summed E-state index contributed by atoms with van der Waals surface area (Å²) in [4.78, 5) is 31.3. The summed E-state index contributed by atoms with van der Waals surface area (Å²) in [5.41, 5.74) is 3.23. The van der Waals surface area contributed by atoms with Gasteiger partial charge in [-0.2, -0.15) is 0 Å². The normalized spacial score (nSPS) is 13.2. The predicted octanol–water partition coefficient (Wildman–Crippen LogP) is 6.05. The number of ether oxygens (including phenoxy) is 2. The summed E-state index contributed by atoms with van der Waals surface area (Å²) >= 11 is 3.56. The second-order valence-electron chi connectivity index (χ2n) is 10.1. The number of amides is 2. The van der Waals surface area contributed by atoms with Crippen molar-refractivity contribution in [3.63, 3.8) is 0 Å². The van der Waals surface area contributed by atoms with Gasteiger partial charge in [-0.3, -0.25) is 18.9 Å². The highest BCUT2D eigenvalue weighted by Gasteiger charge is 2.34. The number of imide groups is 1. The monoisotopic (exact) mass is 576 g/mol. The van der Waals surface area contributed by atoms with Crippen LogP contribution in [-0.2, 0) is 0 Å². The maximum Gasteiger partial charge on any atom is 0.261 e. The van der Waals surface area contributed by atoms with Crippen LogP contribution in [0.15, 0.2) is 65.3 Å². The molecule has 0 bridgehead atoms. The zero-order valence-electron chi connectivity index (χ0n) is 21.7. The average Bonchev–Trinajstić information content (AvgIpc) is 3.35. The van der Waals surface area contributed by atoms with Crippen LogP contribution in [-0.4, -0.2) is 51.9 Å². The lowest BCUT2D eigenvalue weighted by Gasteiger charge is -2.23. The van der Waals surface area contributed by atoms with E-state index in [1.165, 1.54) is 4.90 Å². The highest BCUT2D eigenvalue weighted by atomic mass is 79.9. The standard InChI is InChI=1S/C29H29BrN4O4/c1-29(2,3)32-26-25(31-24-13-11-19(30)17-34(24)26)18-10-12-22(23(16-18)37-4)38-15-7-14-33-27(35)20-8-5-6-9-21(20)28(33)36/h5-6,8-13,16-17,32H,7,14-15H2,1-4H3. The summed E-state index contributed by atoms with van der Waals surface area (Å²) in [6.07, 6.45) is 2.49. The van der Waals surface area contributed by atoms with Gasteiger partial charge >= 0.3 is 0 Å². The minimum Gasteiger partial charge on any atom is -0.493 e. The Morgan fingerprint density at radius 1 is 0.974 bits per heavy atom. The first kappa shape index (κ1) is 25.8. The summed E-state index contributed by atoms with van der Waals surface area (Å²) < 4.78 is 14.6. The number of carbonyl (C=O) groups excluding carboxylic acids is 2. The lowest BCUT2D eigenvalue weighted by molar-refractivity contribution is 0.0646. The zero-order chi connectivity index (χ0) is 27.0. The molecule has 2 amide bonds. The molecule has 0 saturated carbocycles. The number of rotatable bonds is 8. The summed E-state index contributed by atoms with van der Waals surface area (Å²) in [5, 5.41) is 3.58. The Labute approximate surface area is 229 Å². The van der Waals surface area contributed by atoms with Crippen molar-refractivity contribution in [1.29, 1.82) is 0 Å². The van der Waals surface area contributed by atoms with Gasteiger partial charge in [0, 0.05) is 28.3 Å². The van der Waals surface area contributed by atoms with Gasteiger partial charge in [0.05, 0.1) is 24.8 Å². The van der Waals surface area contributed by atoms with Gasteiger partial charge in [0.15, 0.2) is 11.5 Å². The Balaban J connectivity index is 1.32. The van der Waals surface area contributed by atoms with Gasteiger partial charge in [-0.1, -0.05) is 12.1 Å². The molecule has 196 valence electrons. The van der Waals surface area contributed by atoms with E-state index in [1.807, 2.05) is 40.9 Å². The lowest BCUT2D eigenvalue weighted by atomic mass is 10.1. The molecule has 0 radical (unpaired) electrons. The van der Waals surface area contributed by atoms with Crippen molar-refractivity contribution in [2.45, 2.75) is 32.7 Å². The van der Waals surface area contributed by atoms with Crippen molar-refractivity contribution >= 4 is 39.2 Å². The molecule has 0 saturated heterocycles. The van der Waals surface area contributed by atoms with Crippen molar-refractivity contribution in [3.8, 4) is 22.8 Å². The molecule has 8 nitrogen and oxygen atoms in total. The van der Waals surface area contributed by atoms with Gasteiger partial charge in [0.1, 0.15) is 17.2 Å². The van der Waals surface area contributed by atoms with Crippen LogP contribution in [0.3, 0.4) is 0 Å². The fourth-order valence-electron chi connectivity index (χ4n) is 4.48. The number of pyridine rings is 1. The van der Waals surface area contributed by atoms with Crippen LogP contribution in [0.25, 0.3) is 16.9 Å².